The van der Waals surface area contributed by atoms with Crippen molar-refractivity contribution < 1.29 is 9.32 Å². The molecular weight excluding hydrogens is 326 g/mol. The largest absolute Gasteiger partial charge is 0.339 e. The van der Waals surface area contributed by atoms with Gasteiger partial charge in [0.25, 0.3) is 5.91 Å². The standard InChI is InChI=1S/C18H16ClN3O2/c1-3-16-21-17(22-24-16)12-5-7-13(8-6-12)18(23)20-14-9-4-11(2)15(19)10-14/h4-10H,3H2,1-2H3,(H,20,23). The molecule has 0 aliphatic carbocycles. The Balaban J connectivity index is 1.74. The molecule has 0 bridgehead atoms. The Morgan fingerprint density at radius 3 is 2.58 bits per heavy atom. The van der Waals surface area contributed by atoms with Gasteiger partial charge in [0.1, 0.15) is 0 Å². The minimum absolute atomic E-state index is 0.205. The molecule has 6 heteroatoms. The number of carbonyl (C=O) groups excluding carboxylic acids is 1. The van der Waals surface area contributed by atoms with Crippen molar-refractivity contribution in [2.45, 2.75) is 20.3 Å². The summed E-state index contributed by atoms with van der Waals surface area (Å²) < 4.78 is 5.09. The number of amides is 1. The van der Waals surface area contributed by atoms with Crippen molar-refractivity contribution >= 4 is 23.2 Å². The molecule has 1 N–H and O–H groups in total. The average molecular weight is 342 g/mol. The van der Waals surface area contributed by atoms with Crippen LogP contribution in [0.25, 0.3) is 11.4 Å². The Bertz CT molecular complexity index is 872. The molecule has 5 nitrogen and oxygen atoms in total. The van der Waals surface area contributed by atoms with Crippen molar-refractivity contribution in [1.82, 2.24) is 10.1 Å². The van der Waals surface area contributed by atoms with Gasteiger partial charge >= 0.3 is 0 Å². The van der Waals surface area contributed by atoms with Crippen LogP contribution in [-0.4, -0.2) is 16.0 Å². The van der Waals surface area contributed by atoms with Gasteiger partial charge < -0.3 is 9.84 Å². The predicted molar refractivity (Wildman–Crippen MR) is 93.3 cm³/mol. The predicted octanol–water partition coefficient (Wildman–Crippen LogP) is 4.51. The lowest BCUT2D eigenvalue weighted by molar-refractivity contribution is 0.102. The highest BCUT2D eigenvalue weighted by Gasteiger charge is 2.10. The Morgan fingerprint density at radius 1 is 1.21 bits per heavy atom. The second kappa shape index (κ2) is 6.84. The molecule has 122 valence electrons. The first-order valence-corrected chi connectivity index (χ1v) is 7.95. The van der Waals surface area contributed by atoms with E-state index in [2.05, 4.69) is 15.5 Å². The van der Waals surface area contributed by atoms with E-state index in [1.54, 1.807) is 30.3 Å². The second-order valence-electron chi connectivity index (χ2n) is 5.36. The van der Waals surface area contributed by atoms with E-state index in [0.717, 1.165) is 11.1 Å². The molecule has 0 saturated heterocycles. The Morgan fingerprint density at radius 2 is 1.96 bits per heavy atom. The molecular formula is C18H16ClN3O2. The molecule has 0 radical (unpaired) electrons. The van der Waals surface area contributed by atoms with Crippen molar-refractivity contribution in [3.8, 4) is 11.4 Å². The molecule has 0 atom stereocenters. The van der Waals surface area contributed by atoms with Crippen molar-refractivity contribution in [2.75, 3.05) is 5.32 Å². The van der Waals surface area contributed by atoms with E-state index in [9.17, 15) is 4.79 Å². The molecule has 2 aromatic carbocycles. The van der Waals surface area contributed by atoms with Gasteiger partial charge in [0.05, 0.1) is 0 Å². The van der Waals surface area contributed by atoms with Crippen molar-refractivity contribution in [2.24, 2.45) is 0 Å². The monoisotopic (exact) mass is 341 g/mol. The van der Waals surface area contributed by atoms with Crippen molar-refractivity contribution in [3.63, 3.8) is 0 Å². The maximum atomic E-state index is 12.3. The van der Waals surface area contributed by atoms with Crippen LogP contribution in [-0.2, 0) is 6.42 Å². The topological polar surface area (TPSA) is 68.0 Å². The van der Waals surface area contributed by atoms with Gasteiger partial charge in [-0.2, -0.15) is 4.98 Å². The summed E-state index contributed by atoms with van der Waals surface area (Å²) in [6, 6.07) is 12.4. The average Bonchev–Trinajstić information content (AvgIpc) is 3.07. The first kappa shape index (κ1) is 16.2. The smallest absolute Gasteiger partial charge is 0.255 e. The lowest BCUT2D eigenvalue weighted by atomic mass is 10.1. The van der Waals surface area contributed by atoms with E-state index in [-0.39, 0.29) is 5.91 Å². The van der Waals surface area contributed by atoms with Gasteiger partial charge in [0, 0.05) is 28.3 Å². The van der Waals surface area contributed by atoms with Crippen molar-refractivity contribution in [1.29, 1.82) is 0 Å². The first-order valence-electron chi connectivity index (χ1n) is 7.57. The number of aromatic nitrogens is 2. The van der Waals surface area contributed by atoms with Crippen LogP contribution in [0.15, 0.2) is 47.0 Å². The van der Waals surface area contributed by atoms with Crippen LogP contribution in [0.4, 0.5) is 5.69 Å². The molecule has 0 spiro atoms. The highest BCUT2D eigenvalue weighted by molar-refractivity contribution is 6.31. The number of carbonyl (C=O) groups is 1. The minimum atomic E-state index is -0.205. The number of rotatable bonds is 4. The lowest BCUT2D eigenvalue weighted by Gasteiger charge is -2.07. The number of benzene rings is 2. The van der Waals surface area contributed by atoms with E-state index < -0.39 is 0 Å². The van der Waals surface area contributed by atoms with Crippen LogP contribution >= 0.6 is 11.6 Å². The van der Waals surface area contributed by atoms with Gasteiger partial charge in [-0.05, 0) is 36.8 Å². The van der Waals surface area contributed by atoms with Crippen LogP contribution in [0.2, 0.25) is 5.02 Å². The summed E-state index contributed by atoms with van der Waals surface area (Å²) in [5.41, 5.74) is 2.96. The highest BCUT2D eigenvalue weighted by Crippen LogP contribution is 2.21. The van der Waals surface area contributed by atoms with Crippen LogP contribution in [0.5, 0.6) is 0 Å². The van der Waals surface area contributed by atoms with Crippen LogP contribution in [0.3, 0.4) is 0 Å². The van der Waals surface area contributed by atoms with Gasteiger partial charge in [0.15, 0.2) is 0 Å². The Hall–Kier alpha value is -2.66. The zero-order chi connectivity index (χ0) is 17.1. The number of hydrogen-bond donors (Lipinski definition) is 1. The quantitative estimate of drug-likeness (QED) is 0.757. The molecule has 0 fully saturated rings. The molecule has 0 aliphatic heterocycles. The summed E-state index contributed by atoms with van der Waals surface area (Å²) in [6.07, 6.45) is 0.687. The SMILES string of the molecule is CCc1nc(-c2ccc(C(=O)Nc3ccc(C)c(Cl)c3)cc2)no1. The Kier molecular flexibility index (Phi) is 4.62. The third-order valence-corrected chi connectivity index (χ3v) is 4.01. The fourth-order valence-corrected chi connectivity index (χ4v) is 2.34. The minimum Gasteiger partial charge on any atom is -0.339 e. The van der Waals surface area contributed by atoms with E-state index in [0.29, 0.717) is 34.4 Å². The zero-order valence-electron chi connectivity index (χ0n) is 13.3. The number of anilines is 1. The van der Waals surface area contributed by atoms with Crippen LogP contribution in [0, 0.1) is 6.92 Å². The van der Waals surface area contributed by atoms with E-state index in [4.69, 9.17) is 16.1 Å². The fraction of sp³-hybridized carbons (Fsp3) is 0.167. The number of aryl methyl sites for hydroxylation is 2. The van der Waals surface area contributed by atoms with Gasteiger partial charge in [-0.25, -0.2) is 0 Å². The maximum Gasteiger partial charge on any atom is 0.255 e. The van der Waals surface area contributed by atoms with Crippen molar-refractivity contribution in [3.05, 3.63) is 64.5 Å². The summed E-state index contributed by atoms with van der Waals surface area (Å²) in [4.78, 5) is 16.6. The molecule has 1 heterocycles. The lowest BCUT2D eigenvalue weighted by Crippen LogP contribution is -2.11. The molecule has 0 saturated carbocycles. The van der Waals surface area contributed by atoms with Crippen LogP contribution < -0.4 is 5.32 Å². The number of nitrogens with zero attached hydrogens (tertiary/aromatic N) is 2. The third-order valence-electron chi connectivity index (χ3n) is 3.61. The van der Waals surface area contributed by atoms with Gasteiger partial charge in [-0.3, -0.25) is 4.79 Å². The molecule has 0 unspecified atom stereocenters. The highest BCUT2D eigenvalue weighted by atomic mass is 35.5. The molecule has 0 aliphatic rings. The van der Waals surface area contributed by atoms with Crippen LogP contribution in [0.1, 0.15) is 28.7 Å². The van der Waals surface area contributed by atoms with E-state index >= 15 is 0 Å². The Labute approximate surface area is 144 Å². The number of hydrogen-bond acceptors (Lipinski definition) is 4. The molecule has 1 amide bonds. The number of nitrogens with one attached hydrogen (secondary N) is 1. The third kappa shape index (κ3) is 3.46. The fourth-order valence-electron chi connectivity index (χ4n) is 2.16. The first-order chi connectivity index (χ1) is 11.6. The molecule has 1 aromatic heterocycles. The molecule has 24 heavy (non-hydrogen) atoms. The van der Waals surface area contributed by atoms with E-state index in [1.165, 1.54) is 0 Å². The summed E-state index contributed by atoms with van der Waals surface area (Å²) in [7, 11) is 0. The zero-order valence-corrected chi connectivity index (χ0v) is 14.1. The summed E-state index contributed by atoms with van der Waals surface area (Å²) in [5, 5.41) is 7.36. The summed E-state index contributed by atoms with van der Waals surface area (Å²) in [6.45, 7) is 3.86. The second-order valence-corrected chi connectivity index (χ2v) is 5.77. The maximum absolute atomic E-state index is 12.3. The molecule has 3 rings (SSSR count). The van der Waals surface area contributed by atoms with Gasteiger partial charge in [-0.1, -0.05) is 41.9 Å². The van der Waals surface area contributed by atoms with Gasteiger partial charge in [-0.15, -0.1) is 0 Å². The normalized spacial score (nSPS) is 10.6. The summed E-state index contributed by atoms with van der Waals surface area (Å²) in [5.74, 6) is 0.899. The summed E-state index contributed by atoms with van der Waals surface area (Å²) >= 11 is 6.07. The van der Waals surface area contributed by atoms with E-state index in [1.807, 2.05) is 26.0 Å². The van der Waals surface area contributed by atoms with Gasteiger partial charge in [0.2, 0.25) is 11.7 Å². The molecule has 3 aromatic rings. The number of halogens is 1.